The van der Waals surface area contributed by atoms with Crippen LogP contribution < -0.4 is 10.1 Å². The van der Waals surface area contributed by atoms with Crippen molar-refractivity contribution in [2.24, 2.45) is 4.99 Å². The molecule has 0 radical (unpaired) electrons. The summed E-state index contributed by atoms with van der Waals surface area (Å²) < 4.78 is 5.07. The van der Waals surface area contributed by atoms with Gasteiger partial charge in [-0.15, -0.1) is 24.0 Å². The van der Waals surface area contributed by atoms with Crippen LogP contribution in [0.5, 0.6) is 5.88 Å². The minimum absolute atomic E-state index is 0. The van der Waals surface area contributed by atoms with Crippen LogP contribution in [0.1, 0.15) is 33.3 Å². The number of aliphatic imine (C=N–C) groups is 1. The Morgan fingerprint density at radius 3 is 2.58 bits per heavy atom. The van der Waals surface area contributed by atoms with Crippen LogP contribution in [0.25, 0.3) is 0 Å². The number of carbonyl (C=O) groups excluding carboxylic acids is 1. The molecule has 2 rings (SSSR count). The van der Waals surface area contributed by atoms with Crippen LogP contribution in [0.4, 0.5) is 0 Å². The Bertz CT molecular complexity index is 631. The summed E-state index contributed by atoms with van der Waals surface area (Å²) >= 11 is 0. The topological polar surface area (TPSA) is 70.1 Å². The fraction of sp³-hybridized carbons (Fsp3) is 0.611. The van der Waals surface area contributed by atoms with E-state index in [-0.39, 0.29) is 41.5 Å². The summed E-state index contributed by atoms with van der Waals surface area (Å²) in [6.45, 7) is 9.95. The average molecular weight is 475 g/mol. The first-order chi connectivity index (χ1) is 11.8. The van der Waals surface area contributed by atoms with Crippen molar-refractivity contribution in [2.45, 2.75) is 45.8 Å². The van der Waals surface area contributed by atoms with Crippen molar-refractivity contribution in [1.29, 1.82) is 0 Å². The summed E-state index contributed by atoms with van der Waals surface area (Å²) in [6.07, 6.45) is 1.77. The zero-order valence-corrected chi connectivity index (χ0v) is 18.8. The van der Waals surface area contributed by atoms with Gasteiger partial charge < -0.3 is 19.9 Å². The minimum Gasteiger partial charge on any atom is -0.481 e. The predicted molar refractivity (Wildman–Crippen MR) is 114 cm³/mol. The first kappa shape index (κ1) is 22.5. The lowest BCUT2D eigenvalue weighted by atomic mass is 9.96. The Kier molecular flexibility index (Phi) is 8.11. The maximum Gasteiger partial charge on any atom is 0.242 e. The molecule has 1 saturated heterocycles. The summed E-state index contributed by atoms with van der Waals surface area (Å²) in [5.41, 5.74) is 0.774. The van der Waals surface area contributed by atoms with Gasteiger partial charge in [-0.3, -0.25) is 9.79 Å². The number of piperazine rings is 1. The molecule has 1 aromatic rings. The summed E-state index contributed by atoms with van der Waals surface area (Å²) in [4.78, 5) is 25.1. The van der Waals surface area contributed by atoms with E-state index in [9.17, 15) is 4.79 Å². The van der Waals surface area contributed by atoms with Crippen molar-refractivity contribution in [3.63, 3.8) is 0 Å². The van der Waals surface area contributed by atoms with Crippen molar-refractivity contribution < 1.29 is 9.53 Å². The number of hydrogen-bond donors (Lipinski definition) is 1. The number of rotatable bonds is 4. The first-order valence-electron chi connectivity index (χ1n) is 8.55. The van der Waals surface area contributed by atoms with Gasteiger partial charge in [0, 0.05) is 38.4 Å². The molecule has 146 valence electrons. The van der Waals surface area contributed by atoms with Gasteiger partial charge >= 0.3 is 0 Å². The lowest BCUT2D eigenvalue weighted by Gasteiger charge is -2.49. The predicted octanol–water partition coefficient (Wildman–Crippen LogP) is 2.11. The highest BCUT2D eigenvalue weighted by molar-refractivity contribution is 14.0. The molecule has 0 saturated carbocycles. The molecule has 0 aromatic carbocycles. The zero-order chi connectivity index (χ0) is 18.6. The van der Waals surface area contributed by atoms with Crippen molar-refractivity contribution in [3.05, 3.63) is 23.9 Å². The molecule has 1 aromatic heterocycles. The molecule has 8 heteroatoms. The van der Waals surface area contributed by atoms with Gasteiger partial charge in [-0.05, 0) is 33.3 Å². The Balaban J connectivity index is 0.00000338. The van der Waals surface area contributed by atoms with Crippen LogP contribution in [0.15, 0.2) is 23.3 Å². The van der Waals surface area contributed by atoms with Crippen LogP contribution in [-0.2, 0) is 11.3 Å². The number of nitrogens with one attached hydrogen (secondary N) is 1. The van der Waals surface area contributed by atoms with Gasteiger partial charge in [-0.2, -0.15) is 0 Å². The maximum atomic E-state index is 12.6. The van der Waals surface area contributed by atoms with Gasteiger partial charge in [-0.1, -0.05) is 6.07 Å². The largest absolute Gasteiger partial charge is 0.481 e. The van der Waals surface area contributed by atoms with Gasteiger partial charge in [0.25, 0.3) is 0 Å². The van der Waals surface area contributed by atoms with Crippen LogP contribution >= 0.6 is 24.0 Å². The standard InChI is InChI=1S/C18H29N5O2.HI/c1-13(2)23-16(24)11-22(12-18(23,3)4)17(19-5)21-10-14-7-8-15(25-6)20-9-14;/h7-9,13H,10-12H2,1-6H3,(H,19,21);1H. The van der Waals surface area contributed by atoms with Gasteiger partial charge in [0.05, 0.1) is 19.2 Å². The molecule has 1 aliphatic heterocycles. The van der Waals surface area contributed by atoms with Crippen molar-refractivity contribution in [1.82, 2.24) is 20.1 Å². The number of halogens is 1. The molecular weight excluding hydrogens is 445 g/mol. The fourth-order valence-corrected chi connectivity index (χ4v) is 3.46. The van der Waals surface area contributed by atoms with Crippen molar-refractivity contribution >= 4 is 35.8 Å². The van der Waals surface area contributed by atoms with Gasteiger partial charge in [-0.25, -0.2) is 4.98 Å². The van der Waals surface area contributed by atoms with E-state index in [1.54, 1.807) is 20.4 Å². The van der Waals surface area contributed by atoms with E-state index in [2.05, 4.69) is 43.0 Å². The fourth-order valence-electron chi connectivity index (χ4n) is 3.46. The SMILES string of the molecule is CN=C(NCc1ccc(OC)nc1)N1CC(=O)N(C(C)C)C(C)(C)C1.I. The van der Waals surface area contributed by atoms with Crippen LogP contribution in [0.2, 0.25) is 0 Å². The van der Waals surface area contributed by atoms with Crippen LogP contribution in [-0.4, -0.2) is 65.5 Å². The third-order valence-electron chi connectivity index (χ3n) is 4.31. The number of carbonyl (C=O) groups is 1. The Labute approximate surface area is 173 Å². The third-order valence-corrected chi connectivity index (χ3v) is 4.31. The maximum absolute atomic E-state index is 12.6. The quantitative estimate of drug-likeness (QED) is 0.411. The number of amides is 1. The van der Waals surface area contributed by atoms with Crippen LogP contribution in [0.3, 0.4) is 0 Å². The third kappa shape index (κ3) is 5.21. The Morgan fingerprint density at radius 1 is 1.42 bits per heavy atom. The number of aromatic nitrogens is 1. The lowest BCUT2D eigenvalue weighted by Crippen LogP contribution is -2.66. The highest BCUT2D eigenvalue weighted by atomic mass is 127. The first-order valence-corrected chi connectivity index (χ1v) is 8.55. The van der Waals surface area contributed by atoms with E-state index in [0.29, 0.717) is 19.0 Å². The minimum atomic E-state index is -0.247. The number of nitrogens with zero attached hydrogens (tertiary/aromatic N) is 4. The molecule has 2 heterocycles. The second kappa shape index (κ2) is 9.38. The number of ether oxygens (including phenoxy) is 1. The number of methoxy groups -OCH3 is 1. The molecule has 1 fully saturated rings. The van der Waals surface area contributed by atoms with E-state index >= 15 is 0 Å². The molecule has 0 aliphatic carbocycles. The second-order valence-corrected chi connectivity index (χ2v) is 7.14. The summed E-state index contributed by atoms with van der Waals surface area (Å²) in [7, 11) is 3.33. The van der Waals surface area contributed by atoms with E-state index in [0.717, 1.165) is 18.1 Å². The van der Waals surface area contributed by atoms with Crippen molar-refractivity contribution in [2.75, 3.05) is 27.2 Å². The van der Waals surface area contributed by atoms with E-state index in [1.807, 2.05) is 21.9 Å². The van der Waals surface area contributed by atoms with Gasteiger partial charge in [0.15, 0.2) is 5.96 Å². The van der Waals surface area contributed by atoms with Crippen molar-refractivity contribution in [3.8, 4) is 5.88 Å². The molecule has 0 unspecified atom stereocenters. The zero-order valence-electron chi connectivity index (χ0n) is 16.4. The highest BCUT2D eigenvalue weighted by Crippen LogP contribution is 2.24. The number of hydrogen-bond acceptors (Lipinski definition) is 4. The molecule has 0 atom stereocenters. The van der Waals surface area contributed by atoms with Gasteiger partial charge in [0.1, 0.15) is 0 Å². The Hall–Kier alpha value is -1.58. The highest BCUT2D eigenvalue weighted by Gasteiger charge is 2.40. The molecular formula is C18H30IN5O2. The van der Waals surface area contributed by atoms with Crippen LogP contribution in [0, 0.1) is 0 Å². The number of guanidine groups is 1. The summed E-state index contributed by atoms with van der Waals surface area (Å²) in [5.74, 6) is 1.44. The van der Waals surface area contributed by atoms with E-state index < -0.39 is 0 Å². The molecule has 0 bridgehead atoms. The molecule has 0 spiro atoms. The molecule has 1 amide bonds. The molecule has 1 N–H and O–H groups in total. The Morgan fingerprint density at radius 2 is 2.12 bits per heavy atom. The average Bonchev–Trinajstić information content (AvgIpc) is 2.54. The smallest absolute Gasteiger partial charge is 0.242 e. The normalized spacial score (nSPS) is 17.2. The lowest BCUT2D eigenvalue weighted by molar-refractivity contribution is -0.145. The summed E-state index contributed by atoms with van der Waals surface area (Å²) in [5, 5.41) is 3.32. The number of pyridine rings is 1. The summed E-state index contributed by atoms with van der Waals surface area (Å²) in [6, 6.07) is 3.97. The monoisotopic (exact) mass is 475 g/mol. The van der Waals surface area contributed by atoms with E-state index in [4.69, 9.17) is 4.74 Å². The van der Waals surface area contributed by atoms with Gasteiger partial charge in [0.2, 0.25) is 11.8 Å². The second-order valence-electron chi connectivity index (χ2n) is 7.14. The van der Waals surface area contributed by atoms with E-state index in [1.165, 1.54) is 0 Å². The molecule has 1 aliphatic rings. The molecule has 7 nitrogen and oxygen atoms in total. The molecule has 26 heavy (non-hydrogen) atoms.